The lowest BCUT2D eigenvalue weighted by atomic mass is 10.1. The third kappa shape index (κ3) is 4.20. The average Bonchev–Trinajstić information content (AvgIpc) is 2.65. The van der Waals surface area contributed by atoms with Crippen LogP contribution in [0.2, 0.25) is 0 Å². The molecule has 3 aromatic carbocycles. The summed E-state index contributed by atoms with van der Waals surface area (Å²) in [5, 5.41) is 14.0. The minimum absolute atomic E-state index is 0.364. The van der Waals surface area contributed by atoms with Gasteiger partial charge in [-0.1, -0.05) is 35.5 Å². The molecule has 0 aromatic heterocycles. The second-order valence-electron chi connectivity index (χ2n) is 5.36. The van der Waals surface area contributed by atoms with Crippen molar-refractivity contribution in [1.82, 2.24) is 0 Å². The zero-order valence-electron chi connectivity index (χ0n) is 13.9. The Bertz CT molecular complexity index is 876. The van der Waals surface area contributed by atoms with E-state index < -0.39 is 0 Å². The van der Waals surface area contributed by atoms with Crippen LogP contribution in [-0.2, 0) is 0 Å². The minimum Gasteiger partial charge on any atom is -0.493 e. The van der Waals surface area contributed by atoms with Gasteiger partial charge >= 0.3 is 0 Å². The van der Waals surface area contributed by atoms with Crippen LogP contribution >= 0.6 is 0 Å². The fourth-order valence-electron chi connectivity index (χ4n) is 2.52. The fraction of sp³-hybridized carbons (Fsp3) is 0.150. The Kier molecular flexibility index (Phi) is 5.36. The zero-order chi connectivity index (χ0) is 17.5. The van der Waals surface area contributed by atoms with Crippen molar-refractivity contribution in [2.75, 3.05) is 20.3 Å². The number of fused-ring (bicyclic) bond motifs is 1. The second kappa shape index (κ2) is 8.06. The molecule has 0 aliphatic rings. The van der Waals surface area contributed by atoms with Crippen LogP contribution in [0.15, 0.2) is 65.8 Å². The van der Waals surface area contributed by atoms with Crippen molar-refractivity contribution in [3.8, 4) is 17.2 Å². The zero-order valence-corrected chi connectivity index (χ0v) is 13.9. The van der Waals surface area contributed by atoms with Gasteiger partial charge in [0, 0.05) is 5.56 Å². The van der Waals surface area contributed by atoms with Gasteiger partial charge in [-0.05, 0) is 41.1 Å². The van der Waals surface area contributed by atoms with Gasteiger partial charge in [0.1, 0.15) is 19.0 Å². The Labute approximate surface area is 146 Å². The highest BCUT2D eigenvalue weighted by Gasteiger charge is 2.05. The number of hydrogen-bond acceptors (Lipinski definition) is 5. The van der Waals surface area contributed by atoms with E-state index in [1.807, 2.05) is 30.3 Å². The molecule has 3 aromatic rings. The summed E-state index contributed by atoms with van der Waals surface area (Å²) in [6.45, 7) is 0.767. The Balaban J connectivity index is 1.59. The lowest BCUT2D eigenvalue weighted by molar-refractivity contribution is 0.211. The molecule has 5 heteroatoms. The Morgan fingerprint density at radius 2 is 1.68 bits per heavy atom. The van der Waals surface area contributed by atoms with Gasteiger partial charge in [-0.2, -0.15) is 0 Å². The van der Waals surface area contributed by atoms with Crippen molar-refractivity contribution in [2.45, 2.75) is 0 Å². The minimum atomic E-state index is 0.364. The van der Waals surface area contributed by atoms with Gasteiger partial charge < -0.3 is 19.4 Å². The van der Waals surface area contributed by atoms with Gasteiger partial charge in [-0.15, -0.1) is 0 Å². The van der Waals surface area contributed by atoms with Crippen LogP contribution in [0.25, 0.3) is 10.8 Å². The number of benzene rings is 3. The number of methoxy groups -OCH3 is 1. The number of hydrogen-bond donors (Lipinski definition) is 1. The van der Waals surface area contributed by atoms with Gasteiger partial charge in [0.15, 0.2) is 11.5 Å². The van der Waals surface area contributed by atoms with E-state index in [9.17, 15) is 0 Å². The summed E-state index contributed by atoms with van der Waals surface area (Å²) in [7, 11) is 1.58. The van der Waals surface area contributed by atoms with Crippen LogP contribution in [0.5, 0.6) is 17.2 Å². The van der Waals surface area contributed by atoms with E-state index in [1.165, 1.54) is 11.6 Å². The predicted octanol–water partition coefficient (Wildman–Crippen LogP) is 4.11. The summed E-state index contributed by atoms with van der Waals surface area (Å²) < 4.78 is 16.8. The van der Waals surface area contributed by atoms with E-state index in [4.69, 9.17) is 19.4 Å². The van der Waals surface area contributed by atoms with E-state index in [-0.39, 0.29) is 0 Å². The molecule has 0 saturated heterocycles. The molecule has 0 saturated carbocycles. The first-order chi connectivity index (χ1) is 12.3. The predicted molar refractivity (Wildman–Crippen MR) is 97.3 cm³/mol. The first-order valence-corrected chi connectivity index (χ1v) is 7.90. The van der Waals surface area contributed by atoms with Crippen LogP contribution < -0.4 is 14.2 Å². The van der Waals surface area contributed by atoms with Crippen LogP contribution in [0.4, 0.5) is 0 Å². The third-order valence-electron chi connectivity index (χ3n) is 3.73. The highest BCUT2D eigenvalue weighted by atomic mass is 16.5. The summed E-state index contributed by atoms with van der Waals surface area (Å²) in [6.07, 6.45) is 1.33. The molecule has 0 amide bonds. The van der Waals surface area contributed by atoms with E-state index in [2.05, 4.69) is 17.3 Å². The molecule has 3 rings (SSSR count). The van der Waals surface area contributed by atoms with E-state index in [0.717, 1.165) is 11.1 Å². The maximum atomic E-state index is 8.63. The topological polar surface area (TPSA) is 60.3 Å². The number of nitrogens with zero attached hydrogens (tertiary/aromatic N) is 1. The fourth-order valence-corrected chi connectivity index (χ4v) is 2.52. The molecule has 25 heavy (non-hydrogen) atoms. The van der Waals surface area contributed by atoms with Crippen LogP contribution in [0.1, 0.15) is 5.56 Å². The molecule has 1 N–H and O–H groups in total. The molecule has 5 nitrogen and oxygen atoms in total. The molecule has 0 unspecified atom stereocenters. The van der Waals surface area contributed by atoms with Crippen LogP contribution in [0.3, 0.4) is 0 Å². The lowest BCUT2D eigenvalue weighted by Gasteiger charge is -2.12. The monoisotopic (exact) mass is 337 g/mol. The van der Waals surface area contributed by atoms with Gasteiger partial charge in [0.2, 0.25) is 0 Å². The summed E-state index contributed by atoms with van der Waals surface area (Å²) in [4.78, 5) is 0. The summed E-state index contributed by atoms with van der Waals surface area (Å²) in [5.41, 5.74) is 0.716. The van der Waals surface area contributed by atoms with E-state index in [0.29, 0.717) is 30.3 Å². The molecule has 0 spiro atoms. The van der Waals surface area contributed by atoms with Crippen LogP contribution in [0, 0.1) is 0 Å². The van der Waals surface area contributed by atoms with Crippen molar-refractivity contribution in [1.29, 1.82) is 0 Å². The molecule has 0 atom stereocenters. The van der Waals surface area contributed by atoms with E-state index >= 15 is 0 Å². The first-order valence-electron chi connectivity index (χ1n) is 7.90. The average molecular weight is 337 g/mol. The third-order valence-corrected chi connectivity index (χ3v) is 3.73. The normalized spacial score (nSPS) is 10.9. The molecule has 0 radical (unpaired) electrons. The molecular weight excluding hydrogens is 318 g/mol. The largest absolute Gasteiger partial charge is 0.493 e. The molecule has 0 heterocycles. The van der Waals surface area contributed by atoms with Gasteiger partial charge in [0.05, 0.1) is 13.3 Å². The summed E-state index contributed by atoms with van der Waals surface area (Å²) >= 11 is 0. The molecule has 0 aliphatic carbocycles. The van der Waals surface area contributed by atoms with Crippen LogP contribution in [-0.4, -0.2) is 31.7 Å². The Hall–Kier alpha value is -3.21. The quantitative estimate of drug-likeness (QED) is 0.305. The molecule has 0 aliphatic heterocycles. The second-order valence-corrected chi connectivity index (χ2v) is 5.36. The lowest BCUT2D eigenvalue weighted by Crippen LogP contribution is -2.09. The molecular formula is C20H19NO4. The maximum absolute atomic E-state index is 8.63. The number of oxime groups is 1. The summed E-state index contributed by atoms with van der Waals surface area (Å²) in [6, 6.07) is 19.4. The SMILES string of the molecule is COc1ccc(/C=N/O)cc1OCCOc1ccc2ccccc2c1. The highest BCUT2D eigenvalue weighted by Crippen LogP contribution is 2.27. The van der Waals surface area contributed by atoms with E-state index in [1.54, 1.807) is 25.3 Å². The van der Waals surface area contributed by atoms with Crippen molar-refractivity contribution in [2.24, 2.45) is 5.16 Å². The van der Waals surface area contributed by atoms with Crippen molar-refractivity contribution in [3.05, 3.63) is 66.2 Å². The number of rotatable bonds is 7. The number of ether oxygens (including phenoxy) is 3. The standard InChI is InChI=1S/C20H19NO4/c1-23-19-9-6-15(14-21-22)12-20(19)25-11-10-24-18-8-7-16-4-2-3-5-17(16)13-18/h2-9,12-14,22H,10-11H2,1H3/b21-14+. The van der Waals surface area contributed by atoms with Crippen molar-refractivity contribution < 1.29 is 19.4 Å². The molecule has 0 fully saturated rings. The summed E-state index contributed by atoms with van der Waals surface area (Å²) in [5.74, 6) is 1.98. The Morgan fingerprint density at radius 1 is 0.880 bits per heavy atom. The van der Waals surface area contributed by atoms with Gasteiger partial charge in [-0.25, -0.2) is 0 Å². The van der Waals surface area contributed by atoms with Gasteiger partial charge in [0.25, 0.3) is 0 Å². The molecule has 128 valence electrons. The first kappa shape index (κ1) is 16.6. The Morgan fingerprint density at radius 3 is 2.48 bits per heavy atom. The highest BCUT2D eigenvalue weighted by molar-refractivity contribution is 5.83. The van der Waals surface area contributed by atoms with Gasteiger partial charge in [-0.3, -0.25) is 0 Å². The van der Waals surface area contributed by atoms with Crippen molar-refractivity contribution in [3.63, 3.8) is 0 Å². The van der Waals surface area contributed by atoms with Crippen molar-refractivity contribution >= 4 is 17.0 Å². The maximum Gasteiger partial charge on any atom is 0.161 e. The molecule has 0 bridgehead atoms. The smallest absolute Gasteiger partial charge is 0.161 e.